The zero-order chi connectivity index (χ0) is 14.7. The highest BCUT2D eigenvalue weighted by Crippen LogP contribution is 2.34. The van der Waals surface area contributed by atoms with Crippen molar-refractivity contribution in [3.8, 4) is 0 Å². The Morgan fingerprint density at radius 2 is 2.20 bits per heavy atom. The predicted octanol–water partition coefficient (Wildman–Crippen LogP) is 4.09. The van der Waals surface area contributed by atoms with Gasteiger partial charge in [0.15, 0.2) is 0 Å². The van der Waals surface area contributed by atoms with Crippen LogP contribution in [-0.2, 0) is 6.54 Å². The van der Waals surface area contributed by atoms with Crippen LogP contribution in [0.3, 0.4) is 0 Å². The van der Waals surface area contributed by atoms with Gasteiger partial charge in [0.2, 0.25) is 0 Å². The minimum atomic E-state index is -0.371. The van der Waals surface area contributed by atoms with E-state index < -0.39 is 0 Å². The molecule has 0 atom stereocenters. The van der Waals surface area contributed by atoms with Crippen molar-refractivity contribution in [1.82, 2.24) is 9.55 Å². The fraction of sp³-hybridized carbons (Fsp3) is 0.357. The summed E-state index contributed by atoms with van der Waals surface area (Å²) in [4.78, 5) is 15.8. The third-order valence-corrected chi connectivity index (χ3v) is 4.07. The number of imidazole rings is 1. The first-order chi connectivity index (χ1) is 9.52. The van der Waals surface area contributed by atoms with Crippen molar-refractivity contribution in [2.24, 2.45) is 0 Å². The molecular formula is C14H17N3O2S. The van der Waals surface area contributed by atoms with Gasteiger partial charge in [0.1, 0.15) is 5.03 Å². The lowest BCUT2D eigenvalue weighted by Gasteiger charge is -2.09. The largest absolute Gasteiger partial charge is 0.326 e. The van der Waals surface area contributed by atoms with E-state index in [0.717, 1.165) is 22.2 Å². The molecule has 0 aliphatic carbocycles. The van der Waals surface area contributed by atoms with Crippen molar-refractivity contribution in [3.05, 3.63) is 46.4 Å². The maximum atomic E-state index is 10.8. The molecule has 6 heteroatoms. The molecule has 2 rings (SSSR count). The van der Waals surface area contributed by atoms with Crippen LogP contribution in [0.5, 0.6) is 0 Å². The lowest BCUT2D eigenvalue weighted by molar-refractivity contribution is -0.385. The zero-order valence-electron chi connectivity index (χ0n) is 11.7. The Kier molecular flexibility index (Phi) is 4.44. The van der Waals surface area contributed by atoms with Gasteiger partial charge in [-0.25, -0.2) is 4.98 Å². The highest BCUT2D eigenvalue weighted by Gasteiger charge is 2.16. The smallest absolute Gasteiger partial charge is 0.270 e. The number of rotatable bonds is 5. The van der Waals surface area contributed by atoms with Crippen molar-refractivity contribution >= 4 is 17.4 Å². The summed E-state index contributed by atoms with van der Waals surface area (Å²) in [5, 5.41) is 11.9. The quantitative estimate of drug-likeness (QED) is 0.615. The van der Waals surface area contributed by atoms with Crippen molar-refractivity contribution in [1.29, 1.82) is 0 Å². The Hall–Kier alpha value is -1.82. The van der Waals surface area contributed by atoms with Gasteiger partial charge in [-0.15, -0.1) is 0 Å². The van der Waals surface area contributed by atoms with E-state index in [1.807, 2.05) is 12.4 Å². The van der Waals surface area contributed by atoms with Gasteiger partial charge in [-0.2, -0.15) is 0 Å². The zero-order valence-corrected chi connectivity index (χ0v) is 12.6. The second kappa shape index (κ2) is 6.09. The molecule has 0 saturated carbocycles. The molecule has 0 N–H and O–H groups in total. The first-order valence-electron chi connectivity index (χ1n) is 6.50. The van der Waals surface area contributed by atoms with Gasteiger partial charge in [-0.3, -0.25) is 10.1 Å². The standard InChI is InChI=1S/C14H17N3O2S/c1-4-16-9-15-13(10(2)3)14(16)20-12-7-5-6-11(8-12)17(18)19/h5-10H,4H2,1-3H3. The molecule has 20 heavy (non-hydrogen) atoms. The van der Waals surface area contributed by atoms with Crippen molar-refractivity contribution in [2.45, 2.75) is 43.2 Å². The average molecular weight is 291 g/mol. The highest BCUT2D eigenvalue weighted by molar-refractivity contribution is 7.99. The van der Waals surface area contributed by atoms with Crippen LogP contribution in [0.4, 0.5) is 5.69 Å². The van der Waals surface area contributed by atoms with Crippen LogP contribution in [0.1, 0.15) is 32.4 Å². The summed E-state index contributed by atoms with van der Waals surface area (Å²) in [5.74, 6) is 0.323. The van der Waals surface area contributed by atoms with Gasteiger partial charge in [0.05, 0.1) is 16.9 Å². The molecule has 106 valence electrons. The summed E-state index contributed by atoms with van der Waals surface area (Å²) < 4.78 is 2.07. The molecule has 1 aromatic heterocycles. The van der Waals surface area contributed by atoms with E-state index in [0.29, 0.717) is 5.92 Å². The lowest BCUT2D eigenvalue weighted by Crippen LogP contribution is -1.97. The predicted molar refractivity (Wildman–Crippen MR) is 79.2 cm³/mol. The van der Waals surface area contributed by atoms with Crippen molar-refractivity contribution < 1.29 is 4.92 Å². The molecule has 0 aliphatic heterocycles. The van der Waals surface area contributed by atoms with E-state index >= 15 is 0 Å². The maximum absolute atomic E-state index is 10.8. The fourth-order valence-corrected chi connectivity index (χ4v) is 3.13. The molecule has 1 heterocycles. The minimum absolute atomic E-state index is 0.115. The van der Waals surface area contributed by atoms with Crippen molar-refractivity contribution in [2.75, 3.05) is 0 Å². The first kappa shape index (κ1) is 14.6. The molecule has 0 aliphatic rings. The van der Waals surface area contributed by atoms with Crippen LogP contribution in [0.25, 0.3) is 0 Å². The van der Waals surface area contributed by atoms with Crippen LogP contribution in [-0.4, -0.2) is 14.5 Å². The van der Waals surface area contributed by atoms with Crippen LogP contribution >= 0.6 is 11.8 Å². The monoisotopic (exact) mass is 291 g/mol. The molecule has 0 saturated heterocycles. The second-order valence-corrected chi connectivity index (χ2v) is 5.79. The van der Waals surface area contributed by atoms with Gasteiger partial charge < -0.3 is 4.57 Å². The van der Waals surface area contributed by atoms with E-state index in [9.17, 15) is 10.1 Å². The van der Waals surface area contributed by atoms with Gasteiger partial charge in [-0.05, 0) is 18.9 Å². The Labute approximate surface area is 122 Å². The van der Waals surface area contributed by atoms with Crippen LogP contribution in [0.15, 0.2) is 40.5 Å². The summed E-state index contributed by atoms with van der Waals surface area (Å²) in [6.07, 6.45) is 1.83. The van der Waals surface area contributed by atoms with Crippen LogP contribution in [0, 0.1) is 10.1 Å². The molecule has 0 fully saturated rings. The third kappa shape index (κ3) is 3.01. The molecule has 5 nitrogen and oxygen atoms in total. The molecule has 0 amide bonds. The number of aromatic nitrogens is 2. The van der Waals surface area contributed by atoms with Gasteiger partial charge in [-0.1, -0.05) is 31.7 Å². The number of hydrogen-bond donors (Lipinski definition) is 0. The molecule has 0 unspecified atom stereocenters. The van der Waals surface area contributed by atoms with Gasteiger partial charge >= 0.3 is 0 Å². The summed E-state index contributed by atoms with van der Waals surface area (Å²) in [6.45, 7) is 7.08. The number of nitro benzene ring substituents is 1. The number of nitro groups is 1. The highest BCUT2D eigenvalue weighted by atomic mass is 32.2. The fourth-order valence-electron chi connectivity index (χ4n) is 1.89. The Balaban J connectivity index is 2.36. The first-order valence-corrected chi connectivity index (χ1v) is 7.32. The number of aryl methyl sites for hydroxylation is 1. The van der Waals surface area contributed by atoms with E-state index in [-0.39, 0.29) is 10.6 Å². The summed E-state index contributed by atoms with van der Waals surface area (Å²) in [6, 6.07) is 6.70. The molecule has 0 spiro atoms. The molecule has 1 aromatic carbocycles. The van der Waals surface area contributed by atoms with Crippen LogP contribution < -0.4 is 0 Å². The normalized spacial score (nSPS) is 11.0. The summed E-state index contributed by atoms with van der Waals surface area (Å²) >= 11 is 1.53. The van der Waals surface area contributed by atoms with Gasteiger partial charge in [0, 0.05) is 23.6 Å². The van der Waals surface area contributed by atoms with E-state index in [1.54, 1.807) is 12.1 Å². The molecule has 2 aromatic rings. The number of hydrogen-bond acceptors (Lipinski definition) is 4. The summed E-state index contributed by atoms with van der Waals surface area (Å²) in [7, 11) is 0. The SMILES string of the molecule is CCn1cnc(C(C)C)c1Sc1cccc([N+](=O)[O-])c1. The maximum Gasteiger partial charge on any atom is 0.270 e. The molecular weight excluding hydrogens is 274 g/mol. The number of benzene rings is 1. The second-order valence-electron chi connectivity index (χ2n) is 4.73. The lowest BCUT2D eigenvalue weighted by atomic mass is 10.2. The Morgan fingerprint density at radius 3 is 2.80 bits per heavy atom. The average Bonchev–Trinajstić information content (AvgIpc) is 2.82. The van der Waals surface area contributed by atoms with E-state index in [1.165, 1.54) is 17.8 Å². The summed E-state index contributed by atoms with van der Waals surface area (Å²) in [5.41, 5.74) is 1.15. The topological polar surface area (TPSA) is 61.0 Å². The number of nitrogens with zero attached hydrogens (tertiary/aromatic N) is 3. The molecule has 0 radical (unpaired) electrons. The minimum Gasteiger partial charge on any atom is -0.326 e. The van der Waals surface area contributed by atoms with Gasteiger partial charge in [0.25, 0.3) is 5.69 Å². The Bertz CT molecular complexity index is 623. The van der Waals surface area contributed by atoms with E-state index in [2.05, 4.69) is 30.3 Å². The number of non-ortho nitro benzene ring substituents is 1. The molecule has 0 bridgehead atoms. The Morgan fingerprint density at radius 1 is 1.45 bits per heavy atom. The van der Waals surface area contributed by atoms with E-state index in [4.69, 9.17) is 0 Å². The van der Waals surface area contributed by atoms with Crippen molar-refractivity contribution in [3.63, 3.8) is 0 Å². The third-order valence-electron chi connectivity index (χ3n) is 2.95. The van der Waals surface area contributed by atoms with Crippen LogP contribution in [0.2, 0.25) is 0 Å².